The molecule has 4 rings (SSSR count). The van der Waals surface area contributed by atoms with E-state index in [0.717, 1.165) is 29.8 Å². The number of likely N-dealkylation sites (tertiary alicyclic amines) is 1. The van der Waals surface area contributed by atoms with Crippen molar-refractivity contribution in [2.75, 3.05) is 5.75 Å². The first kappa shape index (κ1) is 29.7. The zero-order valence-corrected chi connectivity index (χ0v) is 24.4. The average molecular weight is 566 g/mol. The molecule has 1 aliphatic carbocycles. The molecule has 3 unspecified atom stereocenters. The van der Waals surface area contributed by atoms with E-state index in [1.807, 2.05) is 87.2 Å². The second-order valence-electron chi connectivity index (χ2n) is 11.3. The summed E-state index contributed by atoms with van der Waals surface area (Å²) in [6.45, 7) is 7.76. The maximum absolute atomic E-state index is 13.8. The molecule has 202 valence electrons. The Hall–Kier alpha value is -1.89. The molecule has 0 aromatic heterocycles. The van der Waals surface area contributed by atoms with E-state index >= 15 is 0 Å². The average Bonchev–Trinajstić information content (AvgIpc) is 3.65. The van der Waals surface area contributed by atoms with E-state index in [9.17, 15) is 13.8 Å². The van der Waals surface area contributed by atoms with Gasteiger partial charge in [-0.2, -0.15) is 0 Å². The molecular weight excluding hydrogens is 527 g/mol. The summed E-state index contributed by atoms with van der Waals surface area (Å²) in [7, 11) is -1.08. The van der Waals surface area contributed by atoms with Gasteiger partial charge in [-0.05, 0) is 82.2 Å². The molecule has 37 heavy (non-hydrogen) atoms. The van der Waals surface area contributed by atoms with Crippen LogP contribution in [0.25, 0.3) is 0 Å². The number of nitrogens with zero attached hydrogens (tertiary/aromatic N) is 1. The highest BCUT2D eigenvalue weighted by atomic mass is 35.5. The number of nitrogens with two attached hydrogens (primary N) is 1. The van der Waals surface area contributed by atoms with E-state index in [1.165, 1.54) is 0 Å². The highest BCUT2D eigenvalue weighted by Gasteiger charge is 2.51. The van der Waals surface area contributed by atoms with E-state index in [-0.39, 0.29) is 29.2 Å². The smallest absolute Gasteiger partial charge is 0.229 e. The van der Waals surface area contributed by atoms with E-state index in [2.05, 4.69) is 0 Å². The summed E-state index contributed by atoms with van der Waals surface area (Å²) in [5.74, 6) is 0.301. The molecule has 0 bridgehead atoms. The Kier molecular flexibility index (Phi) is 9.87. The second kappa shape index (κ2) is 12.3. The maximum Gasteiger partial charge on any atom is 0.229 e. The van der Waals surface area contributed by atoms with Crippen molar-refractivity contribution in [3.05, 3.63) is 70.2 Å². The Labute approximate surface area is 233 Å². The number of hydrogen-bond donors (Lipinski definition) is 1. The summed E-state index contributed by atoms with van der Waals surface area (Å²) in [5, 5.41) is 1.45. The van der Waals surface area contributed by atoms with Crippen molar-refractivity contribution in [3.8, 4) is 0 Å². The van der Waals surface area contributed by atoms with Gasteiger partial charge in [0.15, 0.2) is 0 Å². The molecule has 2 amide bonds. The van der Waals surface area contributed by atoms with Crippen LogP contribution in [0.1, 0.15) is 71.4 Å². The molecular formula is C29H38Cl2N2O3S. The van der Waals surface area contributed by atoms with E-state index in [0.29, 0.717) is 23.1 Å². The predicted molar refractivity (Wildman–Crippen MR) is 153 cm³/mol. The normalized spacial score (nSPS) is 23.6. The van der Waals surface area contributed by atoms with Gasteiger partial charge in [0.1, 0.15) is 0 Å². The van der Waals surface area contributed by atoms with Gasteiger partial charge >= 0.3 is 0 Å². The monoisotopic (exact) mass is 564 g/mol. The number of hydrogen-bond acceptors (Lipinski definition) is 3. The number of carbonyl (C=O) groups excluding carboxylic acids is 2. The lowest BCUT2D eigenvalue weighted by Gasteiger charge is -2.48. The molecule has 0 spiro atoms. The number of piperidine rings is 1. The minimum absolute atomic E-state index is 0.0371. The van der Waals surface area contributed by atoms with Crippen LogP contribution in [0.3, 0.4) is 0 Å². The van der Waals surface area contributed by atoms with Crippen molar-refractivity contribution < 1.29 is 13.8 Å². The van der Waals surface area contributed by atoms with Crippen LogP contribution in [0, 0.1) is 11.3 Å². The standard InChI is InChI=1S/C23H33ClN2O3S.C6H5Cl/c1-22(2,3)30(29)14-19(16-5-6-16)26-18(15-7-9-17(24)10-8-15)11-12-23(4,21(26)28)13-20(25)27;7-6-4-2-1-3-5-6/h7-10,16,18-19H,5-6,11-14H2,1-4H3,(H2,25,27);1-5H/t18?,19?,23-,30?;/m1./s1. The summed E-state index contributed by atoms with van der Waals surface area (Å²) in [4.78, 5) is 27.5. The van der Waals surface area contributed by atoms with Gasteiger partial charge in [-0.1, -0.05) is 60.5 Å². The molecule has 5 nitrogen and oxygen atoms in total. The second-order valence-corrected chi connectivity index (χ2v) is 14.5. The minimum atomic E-state index is -1.08. The number of benzene rings is 2. The van der Waals surface area contributed by atoms with E-state index in [1.54, 1.807) is 0 Å². The molecule has 1 saturated carbocycles. The van der Waals surface area contributed by atoms with Gasteiger partial charge in [-0.25, -0.2) is 0 Å². The van der Waals surface area contributed by atoms with Crippen LogP contribution in [0.5, 0.6) is 0 Å². The SMILES string of the molecule is CC(C)(C)S(=O)CC(C1CC1)N1C(=O)[C@@](C)(CC(N)=O)CCC1c1ccc(Cl)cc1.Clc1ccccc1. The summed E-state index contributed by atoms with van der Waals surface area (Å²) in [6, 6.07) is 16.8. The Morgan fingerprint density at radius 2 is 1.62 bits per heavy atom. The number of rotatable bonds is 7. The highest BCUT2D eigenvalue weighted by molar-refractivity contribution is 7.86. The lowest BCUT2D eigenvalue weighted by atomic mass is 9.74. The number of halogens is 2. The number of carbonyl (C=O) groups is 2. The van der Waals surface area contributed by atoms with Crippen molar-refractivity contribution in [2.45, 2.75) is 76.6 Å². The van der Waals surface area contributed by atoms with Crippen LogP contribution in [0.2, 0.25) is 10.0 Å². The number of amides is 2. The first-order valence-corrected chi connectivity index (χ1v) is 14.8. The van der Waals surface area contributed by atoms with Crippen molar-refractivity contribution in [2.24, 2.45) is 17.1 Å². The Morgan fingerprint density at radius 1 is 1.05 bits per heavy atom. The molecule has 4 atom stereocenters. The quantitative estimate of drug-likeness (QED) is 0.413. The Morgan fingerprint density at radius 3 is 2.08 bits per heavy atom. The van der Waals surface area contributed by atoms with E-state index in [4.69, 9.17) is 28.9 Å². The van der Waals surface area contributed by atoms with Gasteiger partial charge in [0.25, 0.3) is 0 Å². The van der Waals surface area contributed by atoms with Crippen LogP contribution in [0.4, 0.5) is 0 Å². The van der Waals surface area contributed by atoms with Crippen molar-refractivity contribution in [3.63, 3.8) is 0 Å². The largest absolute Gasteiger partial charge is 0.370 e. The van der Waals surface area contributed by atoms with Gasteiger partial charge in [-0.3, -0.25) is 13.8 Å². The topological polar surface area (TPSA) is 80.5 Å². The van der Waals surface area contributed by atoms with Crippen LogP contribution in [0.15, 0.2) is 54.6 Å². The third-order valence-corrected chi connectivity index (χ3v) is 9.65. The molecule has 2 fully saturated rings. The predicted octanol–water partition coefficient (Wildman–Crippen LogP) is 6.55. The fourth-order valence-electron chi connectivity index (χ4n) is 4.84. The molecule has 1 heterocycles. The Balaban J connectivity index is 0.000000468. The third kappa shape index (κ3) is 8.05. The van der Waals surface area contributed by atoms with Gasteiger partial charge in [0.05, 0.1) is 11.5 Å². The molecule has 2 aliphatic rings. The molecule has 1 saturated heterocycles. The summed E-state index contributed by atoms with van der Waals surface area (Å²) < 4.78 is 12.7. The van der Waals surface area contributed by atoms with Crippen LogP contribution < -0.4 is 5.73 Å². The van der Waals surface area contributed by atoms with Gasteiger partial charge < -0.3 is 10.6 Å². The van der Waals surface area contributed by atoms with Crippen molar-refractivity contribution in [1.82, 2.24) is 4.90 Å². The van der Waals surface area contributed by atoms with Gasteiger partial charge in [-0.15, -0.1) is 0 Å². The van der Waals surface area contributed by atoms with Crippen LogP contribution >= 0.6 is 23.2 Å². The fourth-order valence-corrected chi connectivity index (χ4v) is 6.36. The van der Waals surface area contributed by atoms with Gasteiger partial charge in [0.2, 0.25) is 11.8 Å². The summed E-state index contributed by atoms with van der Waals surface area (Å²) >= 11 is 11.6. The van der Waals surface area contributed by atoms with E-state index < -0.39 is 22.1 Å². The van der Waals surface area contributed by atoms with Crippen LogP contribution in [-0.2, 0) is 20.4 Å². The molecule has 2 aromatic carbocycles. The zero-order chi connectivity index (χ0) is 27.4. The molecule has 0 radical (unpaired) electrons. The number of primary amides is 1. The Bertz CT molecular complexity index is 1100. The summed E-state index contributed by atoms with van der Waals surface area (Å²) in [6.07, 6.45) is 3.45. The lowest BCUT2D eigenvalue weighted by Crippen LogP contribution is -2.56. The highest BCUT2D eigenvalue weighted by Crippen LogP contribution is 2.48. The van der Waals surface area contributed by atoms with Crippen LogP contribution in [-0.4, -0.2) is 37.5 Å². The molecule has 1 aliphatic heterocycles. The fraction of sp³-hybridized carbons (Fsp3) is 0.517. The zero-order valence-electron chi connectivity index (χ0n) is 22.1. The third-order valence-electron chi connectivity index (χ3n) is 7.14. The summed E-state index contributed by atoms with van der Waals surface area (Å²) in [5.41, 5.74) is 5.71. The van der Waals surface area contributed by atoms with Gasteiger partial charge in [0, 0.05) is 43.8 Å². The minimum Gasteiger partial charge on any atom is -0.370 e. The molecule has 2 aromatic rings. The molecule has 8 heteroatoms. The molecule has 2 N–H and O–H groups in total. The first-order chi connectivity index (χ1) is 17.3. The van der Waals surface area contributed by atoms with Crippen molar-refractivity contribution in [1.29, 1.82) is 0 Å². The first-order valence-electron chi connectivity index (χ1n) is 12.8. The lowest BCUT2D eigenvalue weighted by molar-refractivity contribution is -0.155. The maximum atomic E-state index is 13.8. The van der Waals surface area contributed by atoms with Crippen molar-refractivity contribution >= 4 is 45.8 Å².